The lowest BCUT2D eigenvalue weighted by atomic mass is 10.1. The summed E-state index contributed by atoms with van der Waals surface area (Å²) in [5, 5.41) is 3.38. The molecule has 0 saturated carbocycles. The summed E-state index contributed by atoms with van der Waals surface area (Å²) in [5.41, 5.74) is 0. The van der Waals surface area contributed by atoms with Gasteiger partial charge in [0.15, 0.2) is 0 Å². The Morgan fingerprint density at radius 1 is 1.13 bits per heavy atom. The second kappa shape index (κ2) is 9.13. The van der Waals surface area contributed by atoms with Crippen LogP contribution in [0.15, 0.2) is 0 Å². The van der Waals surface area contributed by atoms with E-state index in [9.17, 15) is 0 Å². The molecule has 0 rings (SSSR count). The summed E-state index contributed by atoms with van der Waals surface area (Å²) in [6, 6.07) is 0. The Hall–Kier alpha value is -0.120. The van der Waals surface area contributed by atoms with Crippen LogP contribution < -0.4 is 5.32 Å². The maximum atomic E-state index is 5.66. The molecule has 1 unspecified atom stereocenters. The number of ether oxygens (including phenoxy) is 1. The molecule has 3 nitrogen and oxygen atoms in total. The van der Waals surface area contributed by atoms with E-state index in [1.54, 1.807) is 0 Å². The standard InChI is InChI=1S/C12H28N2O/c1-11(2)12(3)15-10-8-13-7-6-9-14(4)5/h11-13H,6-10H2,1-5H3. The summed E-state index contributed by atoms with van der Waals surface area (Å²) in [4.78, 5) is 2.21. The van der Waals surface area contributed by atoms with Gasteiger partial charge in [-0.15, -0.1) is 0 Å². The summed E-state index contributed by atoms with van der Waals surface area (Å²) >= 11 is 0. The molecule has 0 aromatic heterocycles. The summed E-state index contributed by atoms with van der Waals surface area (Å²) in [6.45, 7) is 10.5. The summed E-state index contributed by atoms with van der Waals surface area (Å²) in [7, 11) is 4.21. The molecule has 1 atom stereocenters. The van der Waals surface area contributed by atoms with Crippen molar-refractivity contribution in [3.63, 3.8) is 0 Å². The zero-order valence-corrected chi connectivity index (χ0v) is 11.0. The lowest BCUT2D eigenvalue weighted by molar-refractivity contribution is 0.0374. The fraction of sp³-hybridized carbons (Fsp3) is 1.00. The topological polar surface area (TPSA) is 24.5 Å². The molecule has 0 spiro atoms. The molecule has 0 aromatic carbocycles. The van der Waals surface area contributed by atoms with Gasteiger partial charge in [0, 0.05) is 6.54 Å². The average molecular weight is 216 g/mol. The number of hydrogen-bond donors (Lipinski definition) is 1. The maximum absolute atomic E-state index is 5.66. The Kier molecular flexibility index (Phi) is 9.06. The molecule has 0 saturated heterocycles. The van der Waals surface area contributed by atoms with E-state index in [0.29, 0.717) is 12.0 Å². The number of nitrogens with one attached hydrogen (secondary N) is 1. The quantitative estimate of drug-likeness (QED) is 0.592. The van der Waals surface area contributed by atoms with E-state index in [1.165, 1.54) is 6.42 Å². The van der Waals surface area contributed by atoms with Crippen molar-refractivity contribution in [1.29, 1.82) is 0 Å². The van der Waals surface area contributed by atoms with Crippen LogP contribution in [0.3, 0.4) is 0 Å². The van der Waals surface area contributed by atoms with Crippen LogP contribution in [0.1, 0.15) is 27.2 Å². The van der Waals surface area contributed by atoms with Crippen LogP contribution in [0.25, 0.3) is 0 Å². The van der Waals surface area contributed by atoms with E-state index in [1.807, 2.05) is 0 Å². The van der Waals surface area contributed by atoms with Crippen molar-refractivity contribution in [2.24, 2.45) is 5.92 Å². The van der Waals surface area contributed by atoms with Gasteiger partial charge >= 0.3 is 0 Å². The molecule has 3 heteroatoms. The Labute approximate surface area is 95.2 Å². The highest BCUT2D eigenvalue weighted by Gasteiger charge is 2.05. The monoisotopic (exact) mass is 216 g/mol. The minimum absolute atomic E-state index is 0.369. The Bertz CT molecular complexity index is 138. The largest absolute Gasteiger partial charge is 0.377 e. The highest BCUT2D eigenvalue weighted by Crippen LogP contribution is 2.03. The molecule has 0 aliphatic heterocycles. The molecular weight excluding hydrogens is 188 g/mol. The molecule has 92 valence electrons. The van der Waals surface area contributed by atoms with Gasteiger partial charge in [-0.3, -0.25) is 0 Å². The molecule has 0 radical (unpaired) electrons. The normalized spacial score (nSPS) is 13.8. The average Bonchev–Trinajstić information content (AvgIpc) is 2.15. The lowest BCUT2D eigenvalue weighted by Crippen LogP contribution is -2.26. The summed E-state index contributed by atoms with van der Waals surface area (Å²) < 4.78 is 5.66. The Balaban J connectivity index is 3.11. The second-order valence-corrected chi connectivity index (χ2v) is 4.73. The van der Waals surface area contributed by atoms with Crippen molar-refractivity contribution in [2.75, 3.05) is 40.3 Å². The van der Waals surface area contributed by atoms with Gasteiger partial charge in [-0.1, -0.05) is 13.8 Å². The van der Waals surface area contributed by atoms with Crippen LogP contribution in [-0.2, 0) is 4.74 Å². The molecule has 0 bridgehead atoms. The molecule has 0 amide bonds. The molecule has 0 aromatic rings. The van der Waals surface area contributed by atoms with Gasteiger partial charge in [-0.05, 0) is 46.4 Å². The van der Waals surface area contributed by atoms with E-state index in [4.69, 9.17) is 4.74 Å². The zero-order valence-electron chi connectivity index (χ0n) is 11.0. The Morgan fingerprint density at radius 3 is 2.33 bits per heavy atom. The van der Waals surface area contributed by atoms with Crippen LogP contribution in [0, 0.1) is 5.92 Å². The first-order chi connectivity index (χ1) is 7.04. The first-order valence-corrected chi connectivity index (χ1v) is 6.01. The van der Waals surface area contributed by atoms with Gasteiger partial charge in [0.2, 0.25) is 0 Å². The third-order valence-electron chi connectivity index (χ3n) is 2.56. The predicted molar refractivity (Wildman–Crippen MR) is 66.3 cm³/mol. The van der Waals surface area contributed by atoms with Crippen molar-refractivity contribution in [1.82, 2.24) is 10.2 Å². The number of nitrogens with zero attached hydrogens (tertiary/aromatic N) is 1. The maximum Gasteiger partial charge on any atom is 0.0594 e. The van der Waals surface area contributed by atoms with E-state index >= 15 is 0 Å². The van der Waals surface area contributed by atoms with Gasteiger partial charge in [0.05, 0.1) is 12.7 Å². The van der Waals surface area contributed by atoms with Crippen molar-refractivity contribution < 1.29 is 4.74 Å². The zero-order chi connectivity index (χ0) is 11.7. The van der Waals surface area contributed by atoms with Gasteiger partial charge < -0.3 is 15.0 Å². The molecule has 15 heavy (non-hydrogen) atoms. The van der Waals surface area contributed by atoms with Crippen LogP contribution in [0.2, 0.25) is 0 Å². The van der Waals surface area contributed by atoms with Crippen molar-refractivity contribution >= 4 is 0 Å². The first-order valence-electron chi connectivity index (χ1n) is 6.01. The Morgan fingerprint density at radius 2 is 1.80 bits per heavy atom. The van der Waals surface area contributed by atoms with Gasteiger partial charge in [0.25, 0.3) is 0 Å². The van der Waals surface area contributed by atoms with Crippen molar-refractivity contribution in [2.45, 2.75) is 33.3 Å². The first kappa shape index (κ1) is 14.9. The second-order valence-electron chi connectivity index (χ2n) is 4.73. The fourth-order valence-electron chi connectivity index (χ4n) is 1.15. The highest BCUT2D eigenvalue weighted by atomic mass is 16.5. The molecule has 0 aliphatic carbocycles. The molecular formula is C12H28N2O. The van der Waals surface area contributed by atoms with E-state index in [0.717, 1.165) is 26.2 Å². The van der Waals surface area contributed by atoms with E-state index < -0.39 is 0 Å². The smallest absolute Gasteiger partial charge is 0.0594 e. The van der Waals surface area contributed by atoms with Gasteiger partial charge in [0.1, 0.15) is 0 Å². The van der Waals surface area contributed by atoms with Crippen LogP contribution in [-0.4, -0.2) is 51.3 Å². The van der Waals surface area contributed by atoms with Crippen LogP contribution >= 0.6 is 0 Å². The van der Waals surface area contributed by atoms with Gasteiger partial charge in [-0.2, -0.15) is 0 Å². The van der Waals surface area contributed by atoms with Gasteiger partial charge in [-0.25, -0.2) is 0 Å². The number of rotatable bonds is 9. The fourth-order valence-corrected chi connectivity index (χ4v) is 1.15. The summed E-state index contributed by atoms with van der Waals surface area (Å²) in [5.74, 6) is 0.610. The molecule has 1 N–H and O–H groups in total. The molecule has 0 heterocycles. The highest BCUT2D eigenvalue weighted by molar-refractivity contribution is 4.55. The molecule has 0 fully saturated rings. The van der Waals surface area contributed by atoms with Crippen LogP contribution in [0.4, 0.5) is 0 Å². The van der Waals surface area contributed by atoms with E-state index in [-0.39, 0.29) is 0 Å². The van der Waals surface area contributed by atoms with Crippen molar-refractivity contribution in [3.8, 4) is 0 Å². The molecule has 0 aliphatic rings. The van der Waals surface area contributed by atoms with E-state index in [2.05, 4.69) is 45.1 Å². The minimum Gasteiger partial charge on any atom is -0.377 e. The third-order valence-corrected chi connectivity index (χ3v) is 2.56. The number of hydrogen-bond acceptors (Lipinski definition) is 3. The van der Waals surface area contributed by atoms with Crippen molar-refractivity contribution in [3.05, 3.63) is 0 Å². The summed E-state index contributed by atoms with van der Waals surface area (Å²) in [6.07, 6.45) is 1.57. The predicted octanol–water partition coefficient (Wildman–Crippen LogP) is 1.59. The van der Waals surface area contributed by atoms with Crippen LogP contribution in [0.5, 0.6) is 0 Å². The lowest BCUT2D eigenvalue weighted by Gasteiger charge is -2.16. The SMILES string of the molecule is CC(C)C(C)OCCNCCCN(C)C. The third kappa shape index (κ3) is 10.2. The minimum atomic E-state index is 0.369.